The van der Waals surface area contributed by atoms with Crippen molar-refractivity contribution in [2.24, 2.45) is 17.3 Å². The summed E-state index contributed by atoms with van der Waals surface area (Å²) in [5.74, 6) is -2.12. The van der Waals surface area contributed by atoms with Gasteiger partial charge in [0.05, 0.1) is 13.0 Å². The molecule has 1 rings (SSSR count). The lowest BCUT2D eigenvalue weighted by Gasteiger charge is -2.41. The first-order valence-electron chi connectivity index (χ1n) is 6.66. The second-order valence-corrected chi connectivity index (χ2v) is 7.29. The third-order valence-electron chi connectivity index (χ3n) is 4.10. The minimum atomic E-state index is -5.74. The van der Waals surface area contributed by atoms with Crippen molar-refractivity contribution in [1.29, 1.82) is 0 Å². The topological polar surface area (TPSA) is 69.7 Å². The van der Waals surface area contributed by atoms with E-state index in [1.54, 1.807) is 13.8 Å². The molecule has 2 atom stereocenters. The van der Waals surface area contributed by atoms with E-state index in [0.29, 0.717) is 6.42 Å². The van der Waals surface area contributed by atoms with E-state index in [1.807, 2.05) is 6.92 Å². The molecule has 0 aromatic carbocycles. The summed E-state index contributed by atoms with van der Waals surface area (Å²) in [6, 6.07) is 0. The Labute approximate surface area is 127 Å². The summed E-state index contributed by atoms with van der Waals surface area (Å²) in [6.45, 7) is 5.38. The van der Waals surface area contributed by atoms with Crippen LogP contribution in [0.4, 0.5) is 13.2 Å². The largest absolute Gasteiger partial charge is 0.534 e. The number of alkyl halides is 3. The number of ether oxygens (including phenoxy) is 1. The van der Waals surface area contributed by atoms with Crippen LogP contribution in [0.1, 0.15) is 33.6 Å². The van der Waals surface area contributed by atoms with Gasteiger partial charge >= 0.3 is 21.6 Å². The molecule has 0 bridgehead atoms. The average Bonchev–Trinajstić information content (AvgIpc) is 2.37. The highest BCUT2D eigenvalue weighted by Gasteiger charge is 2.51. The summed E-state index contributed by atoms with van der Waals surface area (Å²) in [5, 5.41) is 0. The molecule has 22 heavy (non-hydrogen) atoms. The van der Waals surface area contributed by atoms with E-state index in [2.05, 4.69) is 8.92 Å². The second kappa shape index (κ2) is 6.10. The normalized spacial score (nSPS) is 25.3. The van der Waals surface area contributed by atoms with E-state index in [4.69, 9.17) is 0 Å². The first-order chi connectivity index (χ1) is 9.86. The van der Waals surface area contributed by atoms with Gasteiger partial charge in [0.25, 0.3) is 0 Å². The smallest absolute Gasteiger partial charge is 0.469 e. The summed E-state index contributed by atoms with van der Waals surface area (Å²) in [4.78, 5) is 11.9. The predicted molar refractivity (Wildman–Crippen MR) is 71.8 cm³/mol. The van der Waals surface area contributed by atoms with Crippen LogP contribution in [0.5, 0.6) is 0 Å². The van der Waals surface area contributed by atoms with Crippen LogP contribution >= 0.6 is 0 Å². The molecule has 0 saturated heterocycles. The third kappa shape index (κ3) is 3.56. The lowest BCUT2D eigenvalue weighted by atomic mass is 9.64. The number of hydrogen-bond donors (Lipinski definition) is 0. The summed E-state index contributed by atoms with van der Waals surface area (Å²) in [5.41, 5.74) is -6.10. The molecule has 0 radical (unpaired) electrons. The fourth-order valence-corrected chi connectivity index (χ4v) is 3.15. The Hall–Kier alpha value is -1.25. The molecule has 0 aromatic heterocycles. The monoisotopic (exact) mass is 344 g/mol. The quantitative estimate of drug-likeness (QED) is 0.445. The Kier molecular flexibility index (Phi) is 5.21. The highest BCUT2D eigenvalue weighted by atomic mass is 32.2. The van der Waals surface area contributed by atoms with E-state index in [0.717, 1.165) is 13.2 Å². The fourth-order valence-electron chi connectivity index (χ4n) is 2.65. The van der Waals surface area contributed by atoms with Crippen molar-refractivity contribution in [1.82, 2.24) is 0 Å². The van der Waals surface area contributed by atoms with Gasteiger partial charge in [0.2, 0.25) is 0 Å². The maximum absolute atomic E-state index is 12.4. The van der Waals surface area contributed by atoms with Crippen molar-refractivity contribution < 1.29 is 35.3 Å². The van der Waals surface area contributed by atoms with Crippen LogP contribution in [0.3, 0.4) is 0 Å². The first kappa shape index (κ1) is 18.8. The SMILES string of the molecule is CCC1CC(OS(=O)(=O)C(F)(F)F)=CC(C(=O)OC)C1(C)C. The maximum Gasteiger partial charge on any atom is 0.534 e. The highest BCUT2D eigenvalue weighted by molar-refractivity contribution is 7.87. The number of esters is 1. The van der Waals surface area contributed by atoms with Gasteiger partial charge in [0, 0.05) is 6.42 Å². The van der Waals surface area contributed by atoms with Crippen molar-refractivity contribution in [3.63, 3.8) is 0 Å². The molecule has 5 nitrogen and oxygen atoms in total. The Morgan fingerprint density at radius 3 is 2.36 bits per heavy atom. The fraction of sp³-hybridized carbons (Fsp3) is 0.769. The van der Waals surface area contributed by atoms with Gasteiger partial charge in [-0.2, -0.15) is 21.6 Å². The van der Waals surface area contributed by atoms with Gasteiger partial charge in [0.1, 0.15) is 5.76 Å². The molecule has 0 N–H and O–H groups in total. The number of carbonyl (C=O) groups is 1. The molecule has 9 heteroatoms. The standard InChI is InChI=1S/C13H19F3O5S/c1-5-8-6-9(21-22(18,19)13(14,15)16)7-10(11(17)20-4)12(8,2)3/h7-8,10H,5-6H2,1-4H3. The van der Waals surface area contributed by atoms with Gasteiger partial charge in [-0.3, -0.25) is 4.79 Å². The van der Waals surface area contributed by atoms with E-state index in [9.17, 15) is 26.4 Å². The Morgan fingerprint density at radius 2 is 1.95 bits per heavy atom. The van der Waals surface area contributed by atoms with Crippen LogP contribution in [0, 0.1) is 17.3 Å². The molecule has 1 aliphatic carbocycles. The van der Waals surface area contributed by atoms with Gasteiger partial charge in [-0.1, -0.05) is 27.2 Å². The average molecular weight is 344 g/mol. The number of carbonyl (C=O) groups excluding carboxylic acids is 1. The number of rotatable bonds is 4. The molecular weight excluding hydrogens is 325 g/mol. The van der Waals surface area contributed by atoms with Gasteiger partial charge in [-0.05, 0) is 17.4 Å². The van der Waals surface area contributed by atoms with Crippen molar-refractivity contribution in [2.75, 3.05) is 7.11 Å². The maximum atomic E-state index is 12.4. The molecule has 0 saturated carbocycles. The Balaban J connectivity index is 3.21. The van der Waals surface area contributed by atoms with Crippen molar-refractivity contribution in [3.8, 4) is 0 Å². The Morgan fingerprint density at radius 1 is 1.41 bits per heavy atom. The number of hydrogen-bond acceptors (Lipinski definition) is 5. The number of halogens is 3. The molecule has 0 aromatic rings. The molecule has 128 valence electrons. The van der Waals surface area contributed by atoms with Crippen LogP contribution in [-0.4, -0.2) is 27.0 Å². The molecule has 0 amide bonds. The van der Waals surface area contributed by atoms with Gasteiger partial charge < -0.3 is 8.92 Å². The van der Waals surface area contributed by atoms with Gasteiger partial charge in [0.15, 0.2) is 0 Å². The predicted octanol–water partition coefficient (Wildman–Crippen LogP) is 2.98. The molecule has 0 fully saturated rings. The van der Waals surface area contributed by atoms with Gasteiger partial charge in [-0.25, -0.2) is 0 Å². The molecular formula is C13H19F3O5S. The Bertz CT molecular complexity index is 563. The zero-order valence-corrected chi connectivity index (χ0v) is 13.5. The zero-order valence-electron chi connectivity index (χ0n) is 12.7. The van der Waals surface area contributed by atoms with Crippen LogP contribution in [-0.2, 0) is 23.8 Å². The van der Waals surface area contributed by atoms with Gasteiger partial charge in [-0.15, -0.1) is 0 Å². The lowest BCUT2D eigenvalue weighted by molar-refractivity contribution is -0.149. The molecule has 0 spiro atoms. The van der Waals surface area contributed by atoms with Crippen LogP contribution in [0.15, 0.2) is 11.8 Å². The van der Waals surface area contributed by atoms with Crippen molar-refractivity contribution >= 4 is 16.1 Å². The minimum Gasteiger partial charge on any atom is -0.469 e. The van der Waals surface area contributed by atoms with Crippen LogP contribution in [0.2, 0.25) is 0 Å². The second-order valence-electron chi connectivity index (χ2n) is 5.75. The summed E-state index contributed by atoms with van der Waals surface area (Å²) in [7, 11) is -4.58. The van der Waals surface area contributed by atoms with E-state index >= 15 is 0 Å². The molecule has 1 aliphatic rings. The van der Waals surface area contributed by atoms with Crippen LogP contribution < -0.4 is 0 Å². The minimum absolute atomic E-state index is 0.00625. The highest BCUT2D eigenvalue weighted by Crippen LogP contribution is 2.47. The summed E-state index contributed by atoms with van der Waals surface area (Å²) >= 11 is 0. The first-order valence-corrected chi connectivity index (χ1v) is 8.07. The number of methoxy groups -OCH3 is 1. The lowest BCUT2D eigenvalue weighted by Crippen LogP contribution is -2.40. The zero-order chi connectivity index (χ0) is 17.3. The van der Waals surface area contributed by atoms with E-state index < -0.39 is 32.9 Å². The van der Waals surface area contributed by atoms with Crippen LogP contribution in [0.25, 0.3) is 0 Å². The third-order valence-corrected chi connectivity index (χ3v) is 5.10. The molecule has 0 aliphatic heterocycles. The number of allylic oxidation sites excluding steroid dienone is 1. The molecule has 0 heterocycles. The van der Waals surface area contributed by atoms with Crippen molar-refractivity contribution in [3.05, 3.63) is 11.8 Å². The van der Waals surface area contributed by atoms with E-state index in [-0.39, 0.29) is 18.1 Å². The summed E-state index contributed by atoms with van der Waals surface area (Å²) < 4.78 is 68.3. The summed E-state index contributed by atoms with van der Waals surface area (Å²) in [6.07, 6.45) is 1.67. The molecule has 2 unspecified atom stereocenters. The van der Waals surface area contributed by atoms with Crippen molar-refractivity contribution in [2.45, 2.75) is 39.1 Å². The van der Waals surface area contributed by atoms with E-state index in [1.165, 1.54) is 0 Å².